The first-order valence-electron chi connectivity index (χ1n) is 10.8. The third-order valence-electron chi connectivity index (χ3n) is 5.85. The first-order valence-corrected chi connectivity index (χ1v) is 10.8. The zero-order valence-corrected chi connectivity index (χ0v) is 17.9. The number of hydrogen-bond acceptors (Lipinski definition) is 7. The average molecular weight is 425 g/mol. The van der Waals surface area contributed by atoms with E-state index in [4.69, 9.17) is 10.1 Å². The summed E-state index contributed by atoms with van der Waals surface area (Å²) in [5.74, 6) is 0.802. The molecule has 1 atom stereocenters. The highest BCUT2D eigenvalue weighted by Gasteiger charge is 2.28. The van der Waals surface area contributed by atoms with Crippen molar-refractivity contribution in [2.45, 2.75) is 32.0 Å². The van der Waals surface area contributed by atoms with Gasteiger partial charge in [0.1, 0.15) is 16.5 Å². The Kier molecular flexibility index (Phi) is 4.22. The summed E-state index contributed by atoms with van der Waals surface area (Å²) in [6.07, 6.45) is 5.05. The van der Waals surface area contributed by atoms with Crippen molar-refractivity contribution in [1.82, 2.24) is 19.7 Å². The Hall–Kier alpha value is -3.78. The van der Waals surface area contributed by atoms with E-state index >= 15 is 0 Å². The fraction of sp³-hybridized carbons (Fsp3) is 0.250. The summed E-state index contributed by atoms with van der Waals surface area (Å²) in [5, 5.41) is 28.1. The number of nitrogens with zero attached hydrogens (tertiary/aromatic N) is 6. The van der Waals surface area contributed by atoms with Crippen LogP contribution in [0.3, 0.4) is 0 Å². The van der Waals surface area contributed by atoms with Gasteiger partial charge in [-0.25, -0.2) is 9.99 Å². The van der Waals surface area contributed by atoms with E-state index in [2.05, 4.69) is 15.4 Å². The maximum Gasteiger partial charge on any atom is 0.176 e. The van der Waals surface area contributed by atoms with Crippen LogP contribution in [-0.4, -0.2) is 37.1 Å². The molecule has 1 aromatic carbocycles. The van der Waals surface area contributed by atoms with Crippen LogP contribution in [0.25, 0.3) is 16.5 Å². The Morgan fingerprint density at radius 1 is 1.09 bits per heavy atom. The van der Waals surface area contributed by atoms with Crippen LogP contribution < -0.4 is 21.0 Å². The van der Waals surface area contributed by atoms with E-state index in [1.807, 2.05) is 62.6 Å². The summed E-state index contributed by atoms with van der Waals surface area (Å²) >= 11 is 0. The van der Waals surface area contributed by atoms with E-state index in [-0.39, 0.29) is 0 Å². The summed E-state index contributed by atoms with van der Waals surface area (Å²) in [7, 11) is 1.89. The average Bonchev–Trinajstić information content (AvgIpc) is 3.51. The number of anilines is 2. The van der Waals surface area contributed by atoms with Crippen LogP contribution >= 0.6 is 0 Å². The highest BCUT2D eigenvalue weighted by atomic mass is 16.3. The van der Waals surface area contributed by atoms with E-state index in [1.165, 1.54) is 0 Å². The van der Waals surface area contributed by atoms with Gasteiger partial charge in [0, 0.05) is 47.7 Å². The minimum absolute atomic E-state index is 0.484. The number of aliphatic hydroxyl groups excluding tert-OH is 1. The smallest absolute Gasteiger partial charge is 0.176 e. The van der Waals surface area contributed by atoms with Crippen LogP contribution in [0.15, 0.2) is 60.0 Å². The van der Waals surface area contributed by atoms with Crippen LogP contribution in [0.4, 0.5) is 11.5 Å². The van der Waals surface area contributed by atoms with Crippen molar-refractivity contribution < 1.29 is 5.11 Å². The van der Waals surface area contributed by atoms with Crippen LogP contribution in [0, 0.1) is 6.92 Å². The second-order valence-corrected chi connectivity index (χ2v) is 8.45. The number of aryl methyl sites for hydroxylation is 2. The lowest BCUT2D eigenvalue weighted by molar-refractivity contribution is 0.222. The number of fused-ring (bicyclic) bond motifs is 2. The molecular weight excluding hydrogens is 402 g/mol. The normalized spacial score (nSPS) is 17.9. The molecule has 1 aliphatic carbocycles. The molecule has 0 radical (unpaired) electrons. The molecule has 0 saturated heterocycles. The molecule has 0 spiro atoms. The molecule has 3 aromatic heterocycles. The van der Waals surface area contributed by atoms with Crippen molar-refractivity contribution in [2.75, 3.05) is 10.3 Å². The molecule has 160 valence electrons. The van der Waals surface area contributed by atoms with E-state index in [0.29, 0.717) is 22.3 Å². The van der Waals surface area contributed by atoms with Gasteiger partial charge in [-0.15, -0.1) is 0 Å². The monoisotopic (exact) mass is 425 g/mol. The molecule has 1 aliphatic heterocycles. The highest BCUT2D eigenvalue weighted by Crippen LogP contribution is 2.28. The van der Waals surface area contributed by atoms with E-state index in [0.717, 1.165) is 46.5 Å². The lowest BCUT2D eigenvalue weighted by Gasteiger charge is -2.29. The lowest BCUT2D eigenvalue weighted by Crippen LogP contribution is -2.47. The number of aromatic nitrogens is 4. The topological polar surface area (TPSA) is 91.5 Å². The van der Waals surface area contributed by atoms with Gasteiger partial charge in [-0.2, -0.15) is 10.2 Å². The number of rotatable bonds is 4. The summed E-state index contributed by atoms with van der Waals surface area (Å²) < 4.78 is 1.78. The van der Waals surface area contributed by atoms with Gasteiger partial charge in [0.25, 0.3) is 0 Å². The first kappa shape index (κ1) is 18.9. The molecule has 32 heavy (non-hydrogen) atoms. The van der Waals surface area contributed by atoms with Crippen molar-refractivity contribution in [3.05, 3.63) is 76.8 Å². The predicted molar refractivity (Wildman–Crippen MR) is 122 cm³/mol. The second kappa shape index (κ2) is 7.13. The van der Waals surface area contributed by atoms with Gasteiger partial charge >= 0.3 is 0 Å². The molecule has 2 aliphatic rings. The summed E-state index contributed by atoms with van der Waals surface area (Å²) in [6.45, 7) is 1.94. The van der Waals surface area contributed by atoms with Crippen LogP contribution in [0.1, 0.15) is 24.1 Å². The number of benzene rings is 1. The molecule has 8 nitrogen and oxygen atoms in total. The molecule has 8 heteroatoms. The molecule has 1 unspecified atom stereocenters. The Bertz CT molecular complexity index is 1450. The van der Waals surface area contributed by atoms with E-state index < -0.39 is 6.23 Å². The zero-order chi connectivity index (χ0) is 21.8. The zero-order valence-electron chi connectivity index (χ0n) is 17.9. The van der Waals surface area contributed by atoms with Crippen molar-refractivity contribution in [2.24, 2.45) is 12.1 Å². The Morgan fingerprint density at radius 3 is 2.75 bits per heavy atom. The van der Waals surface area contributed by atoms with Crippen molar-refractivity contribution in [1.29, 1.82) is 0 Å². The van der Waals surface area contributed by atoms with Gasteiger partial charge in [0.2, 0.25) is 0 Å². The minimum atomic E-state index is -1.01. The Labute approximate surface area is 184 Å². The van der Waals surface area contributed by atoms with Gasteiger partial charge in [0.05, 0.1) is 11.2 Å². The molecule has 4 heterocycles. The van der Waals surface area contributed by atoms with Crippen LogP contribution in [0.5, 0.6) is 0 Å². The van der Waals surface area contributed by atoms with Gasteiger partial charge in [-0.05, 0) is 56.2 Å². The molecule has 2 N–H and O–H groups in total. The number of aliphatic hydroxyl groups is 1. The lowest BCUT2D eigenvalue weighted by atomic mass is 10.0. The van der Waals surface area contributed by atoms with Crippen molar-refractivity contribution in [3.63, 3.8) is 0 Å². The standard InChI is InChI=1S/C24H23N7O/c1-14-3-4-15(12-25-14)22-23-20(9-10-21(27-23)26-17-5-6-17)29-31(24(22)32)18-7-8-19-16(11-18)13-30(2)28-19/h3-4,7-13,17,24,32H,5-6H2,1-2H3,(H,26,27). The summed E-state index contributed by atoms with van der Waals surface area (Å²) in [4.78, 5) is 9.28. The molecule has 1 fully saturated rings. The third kappa shape index (κ3) is 3.29. The van der Waals surface area contributed by atoms with Crippen LogP contribution in [0.2, 0.25) is 0 Å². The van der Waals surface area contributed by atoms with E-state index in [9.17, 15) is 5.11 Å². The fourth-order valence-electron chi connectivity index (χ4n) is 4.05. The highest BCUT2D eigenvalue weighted by molar-refractivity contribution is 5.83. The van der Waals surface area contributed by atoms with Crippen LogP contribution in [-0.2, 0) is 7.05 Å². The SMILES string of the molecule is Cc1ccc(C2=c3nc(NC4CC4)ccc3=NN(c3ccc4nn(C)cc4c3)C2O)cn1. The van der Waals surface area contributed by atoms with Crippen molar-refractivity contribution >= 4 is 28.0 Å². The molecule has 1 saturated carbocycles. The van der Waals surface area contributed by atoms with Gasteiger partial charge in [-0.3, -0.25) is 9.67 Å². The maximum absolute atomic E-state index is 11.5. The molecule has 0 amide bonds. The molecule has 4 aromatic rings. The number of nitrogens with one attached hydrogen (secondary N) is 1. The molecular formula is C24H23N7O. The largest absolute Gasteiger partial charge is 0.368 e. The van der Waals surface area contributed by atoms with Gasteiger partial charge in [-0.1, -0.05) is 6.07 Å². The number of hydrogen-bond donors (Lipinski definition) is 2. The van der Waals surface area contributed by atoms with Gasteiger partial charge < -0.3 is 10.4 Å². The first-order chi connectivity index (χ1) is 15.5. The second-order valence-electron chi connectivity index (χ2n) is 8.45. The maximum atomic E-state index is 11.5. The molecule has 6 rings (SSSR count). The minimum Gasteiger partial charge on any atom is -0.368 e. The Morgan fingerprint density at radius 2 is 1.97 bits per heavy atom. The quantitative estimate of drug-likeness (QED) is 0.518. The Balaban J connectivity index is 1.53. The third-order valence-corrected chi connectivity index (χ3v) is 5.85. The van der Waals surface area contributed by atoms with Gasteiger partial charge in [0.15, 0.2) is 6.23 Å². The fourth-order valence-corrected chi connectivity index (χ4v) is 4.05. The van der Waals surface area contributed by atoms with Crippen molar-refractivity contribution in [3.8, 4) is 0 Å². The van der Waals surface area contributed by atoms with E-state index in [1.54, 1.807) is 15.9 Å². The predicted octanol–water partition coefficient (Wildman–Crippen LogP) is 1.82. The number of pyridine rings is 2. The summed E-state index contributed by atoms with van der Waals surface area (Å²) in [6, 6.07) is 14.2. The summed E-state index contributed by atoms with van der Waals surface area (Å²) in [5.41, 5.74) is 4.10. The molecule has 0 bridgehead atoms.